The van der Waals surface area contributed by atoms with Gasteiger partial charge in [0.1, 0.15) is 0 Å². The Hall–Kier alpha value is -0.570. The van der Waals surface area contributed by atoms with Crippen molar-refractivity contribution in [3.8, 4) is 0 Å². The second-order valence-electron chi connectivity index (χ2n) is 4.24. The van der Waals surface area contributed by atoms with Crippen molar-refractivity contribution in [3.63, 3.8) is 0 Å². The third-order valence-electron chi connectivity index (χ3n) is 3.34. The summed E-state index contributed by atoms with van der Waals surface area (Å²) in [5.74, 6) is 0.333. The largest absolute Gasteiger partial charge is 0.395 e. The first-order chi connectivity index (χ1) is 7.65. The molecule has 0 saturated carbocycles. The zero-order valence-corrected chi connectivity index (χ0v) is 11.2. The molecule has 16 heavy (non-hydrogen) atoms. The van der Waals surface area contributed by atoms with Gasteiger partial charge in [-0.3, -0.25) is 4.79 Å². The van der Waals surface area contributed by atoms with E-state index in [1.165, 1.54) is 0 Å². The van der Waals surface area contributed by atoms with Gasteiger partial charge in [0.05, 0.1) is 6.61 Å². The molecule has 0 aliphatic rings. The molecule has 0 rings (SSSR count). The summed E-state index contributed by atoms with van der Waals surface area (Å²) in [5, 5.41) is 9.06. The Labute approximate surface area is 99.8 Å². The summed E-state index contributed by atoms with van der Waals surface area (Å²) in [7, 11) is 0. The zero-order valence-electron chi connectivity index (χ0n) is 11.2. The van der Waals surface area contributed by atoms with Crippen LogP contribution in [0.3, 0.4) is 0 Å². The fraction of sp³-hybridized carbons (Fsp3) is 0.923. The molecule has 0 fully saturated rings. The fourth-order valence-corrected chi connectivity index (χ4v) is 2.18. The van der Waals surface area contributed by atoms with E-state index < -0.39 is 0 Å². The van der Waals surface area contributed by atoms with Crippen molar-refractivity contribution in [2.45, 2.75) is 59.4 Å². The van der Waals surface area contributed by atoms with Gasteiger partial charge in [-0.25, -0.2) is 0 Å². The van der Waals surface area contributed by atoms with Gasteiger partial charge in [-0.1, -0.05) is 27.7 Å². The molecular weight excluding hydrogens is 202 g/mol. The molecule has 0 spiro atoms. The Kier molecular flexibility index (Phi) is 8.26. The van der Waals surface area contributed by atoms with Crippen molar-refractivity contribution >= 4 is 5.91 Å². The molecule has 0 atom stereocenters. The van der Waals surface area contributed by atoms with Gasteiger partial charge in [0, 0.05) is 18.5 Å². The number of nitrogens with zero attached hydrogens (tertiary/aromatic N) is 1. The van der Waals surface area contributed by atoms with Crippen LogP contribution in [-0.4, -0.2) is 35.1 Å². The number of rotatable bonds is 8. The Bertz CT molecular complexity index is 186. The summed E-state index contributed by atoms with van der Waals surface area (Å²) in [6, 6.07) is 0.278. The van der Waals surface area contributed by atoms with Crippen LogP contribution in [0.4, 0.5) is 0 Å². The molecule has 0 aliphatic heterocycles. The average molecular weight is 229 g/mol. The van der Waals surface area contributed by atoms with E-state index in [1.54, 1.807) is 0 Å². The smallest absolute Gasteiger partial charge is 0.225 e. The number of aliphatic hydroxyl groups is 1. The van der Waals surface area contributed by atoms with E-state index >= 15 is 0 Å². The molecule has 0 heterocycles. The van der Waals surface area contributed by atoms with Crippen molar-refractivity contribution in [1.29, 1.82) is 0 Å². The highest BCUT2D eigenvalue weighted by Crippen LogP contribution is 2.17. The maximum Gasteiger partial charge on any atom is 0.225 e. The second-order valence-corrected chi connectivity index (χ2v) is 4.24. The number of hydrogen-bond acceptors (Lipinski definition) is 2. The summed E-state index contributed by atoms with van der Waals surface area (Å²) < 4.78 is 0. The number of carbonyl (C=O) groups excluding carboxylic acids is 1. The maximum atomic E-state index is 12.3. The van der Waals surface area contributed by atoms with Crippen LogP contribution < -0.4 is 0 Å². The third-order valence-corrected chi connectivity index (χ3v) is 3.34. The molecule has 1 N–H and O–H groups in total. The monoisotopic (exact) mass is 229 g/mol. The summed E-state index contributed by atoms with van der Waals surface area (Å²) in [6.45, 7) is 8.83. The lowest BCUT2D eigenvalue weighted by atomic mass is 9.99. The van der Waals surface area contributed by atoms with Crippen molar-refractivity contribution < 1.29 is 9.90 Å². The SMILES string of the molecule is CCC(CC)C(=O)N(CCO)C(CC)CC. The Morgan fingerprint density at radius 1 is 1.06 bits per heavy atom. The van der Waals surface area contributed by atoms with Crippen molar-refractivity contribution in [1.82, 2.24) is 4.90 Å². The quantitative estimate of drug-likeness (QED) is 0.694. The molecule has 0 aromatic carbocycles. The van der Waals surface area contributed by atoms with E-state index in [0.717, 1.165) is 25.7 Å². The van der Waals surface area contributed by atoms with Gasteiger partial charge in [0.15, 0.2) is 0 Å². The fourth-order valence-electron chi connectivity index (χ4n) is 2.18. The average Bonchev–Trinajstić information content (AvgIpc) is 2.30. The highest BCUT2D eigenvalue weighted by atomic mass is 16.3. The minimum atomic E-state index is 0.0579. The van der Waals surface area contributed by atoms with Gasteiger partial charge in [-0.2, -0.15) is 0 Å². The molecular formula is C13H27NO2. The van der Waals surface area contributed by atoms with Crippen LogP contribution in [0.1, 0.15) is 53.4 Å². The molecule has 0 saturated heterocycles. The van der Waals surface area contributed by atoms with Crippen LogP contribution >= 0.6 is 0 Å². The lowest BCUT2D eigenvalue weighted by molar-refractivity contribution is -0.139. The molecule has 1 amide bonds. The first kappa shape index (κ1) is 15.4. The van der Waals surface area contributed by atoms with E-state index in [2.05, 4.69) is 27.7 Å². The van der Waals surface area contributed by atoms with E-state index in [9.17, 15) is 4.79 Å². The molecule has 0 radical (unpaired) electrons. The first-order valence-electron chi connectivity index (χ1n) is 6.57. The Balaban J connectivity index is 4.67. The van der Waals surface area contributed by atoms with E-state index in [-0.39, 0.29) is 24.5 Å². The lowest BCUT2D eigenvalue weighted by Gasteiger charge is -2.32. The van der Waals surface area contributed by atoms with Gasteiger partial charge in [-0.05, 0) is 25.7 Å². The normalized spacial score (nSPS) is 11.2. The molecule has 0 aromatic rings. The second kappa shape index (κ2) is 8.57. The molecule has 3 heteroatoms. The van der Waals surface area contributed by atoms with Crippen LogP contribution in [0.5, 0.6) is 0 Å². The highest BCUT2D eigenvalue weighted by Gasteiger charge is 2.25. The number of amides is 1. The van der Waals surface area contributed by atoms with Crippen LogP contribution in [0.2, 0.25) is 0 Å². The lowest BCUT2D eigenvalue weighted by Crippen LogP contribution is -2.44. The number of aliphatic hydroxyl groups excluding tert-OH is 1. The summed E-state index contributed by atoms with van der Waals surface area (Å²) in [5.41, 5.74) is 0. The van der Waals surface area contributed by atoms with Crippen LogP contribution in [0, 0.1) is 5.92 Å². The van der Waals surface area contributed by atoms with Gasteiger partial charge in [-0.15, -0.1) is 0 Å². The number of carbonyl (C=O) groups is 1. The van der Waals surface area contributed by atoms with E-state index in [1.807, 2.05) is 4.90 Å². The van der Waals surface area contributed by atoms with Crippen LogP contribution in [-0.2, 0) is 4.79 Å². The van der Waals surface area contributed by atoms with Crippen molar-refractivity contribution in [3.05, 3.63) is 0 Å². The standard InChI is InChI=1S/C13H27NO2/c1-5-11(6-2)13(16)14(9-10-15)12(7-3)8-4/h11-12,15H,5-10H2,1-4H3. The molecule has 0 aliphatic carbocycles. The molecule has 0 aromatic heterocycles. The summed E-state index contributed by atoms with van der Waals surface area (Å²) in [6.07, 6.45) is 3.69. The zero-order chi connectivity index (χ0) is 12.6. The summed E-state index contributed by atoms with van der Waals surface area (Å²) in [4.78, 5) is 14.1. The van der Waals surface area contributed by atoms with Crippen molar-refractivity contribution in [2.75, 3.05) is 13.2 Å². The highest BCUT2D eigenvalue weighted by molar-refractivity contribution is 5.79. The molecule has 0 bridgehead atoms. The summed E-state index contributed by atoms with van der Waals surface area (Å²) >= 11 is 0. The topological polar surface area (TPSA) is 40.5 Å². The van der Waals surface area contributed by atoms with E-state index in [4.69, 9.17) is 5.11 Å². The Morgan fingerprint density at radius 3 is 1.88 bits per heavy atom. The Morgan fingerprint density at radius 2 is 1.56 bits per heavy atom. The maximum absolute atomic E-state index is 12.3. The molecule has 96 valence electrons. The van der Waals surface area contributed by atoms with Gasteiger partial charge in [0.25, 0.3) is 0 Å². The predicted molar refractivity (Wildman–Crippen MR) is 67.2 cm³/mol. The predicted octanol–water partition coefficient (Wildman–Crippen LogP) is 2.43. The van der Waals surface area contributed by atoms with Crippen LogP contribution in [0.25, 0.3) is 0 Å². The first-order valence-corrected chi connectivity index (χ1v) is 6.57. The number of hydrogen-bond donors (Lipinski definition) is 1. The van der Waals surface area contributed by atoms with Gasteiger partial charge in [0.2, 0.25) is 5.91 Å². The van der Waals surface area contributed by atoms with Crippen LogP contribution in [0.15, 0.2) is 0 Å². The third kappa shape index (κ3) is 4.12. The van der Waals surface area contributed by atoms with E-state index in [0.29, 0.717) is 6.54 Å². The van der Waals surface area contributed by atoms with Gasteiger partial charge < -0.3 is 10.0 Å². The van der Waals surface area contributed by atoms with Crippen molar-refractivity contribution in [2.24, 2.45) is 5.92 Å². The molecule has 0 unspecified atom stereocenters. The minimum absolute atomic E-state index is 0.0579. The molecule has 3 nitrogen and oxygen atoms in total. The minimum Gasteiger partial charge on any atom is -0.395 e. The van der Waals surface area contributed by atoms with Gasteiger partial charge >= 0.3 is 0 Å².